The van der Waals surface area contributed by atoms with Gasteiger partial charge in [0, 0.05) is 16.7 Å². The van der Waals surface area contributed by atoms with Crippen LogP contribution in [-0.2, 0) is 0 Å². The normalized spacial score (nSPS) is 10.3. The molecule has 0 bridgehead atoms. The van der Waals surface area contributed by atoms with E-state index in [4.69, 9.17) is 4.74 Å². The molecule has 1 heterocycles. The predicted molar refractivity (Wildman–Crippen MR) is 74.6 cm³/mol. The molecule has 98 valence electrons. The van der Waals surface area contributed by atoms with Crippen LogP contribution >= 0.6 is 15.9 Å². The van der Waals surface area contributed by atoms with Gasteiger partial charge < -0.3 is 4.74 Å². The highest BCUT2D eigenvalue weighted by Crippen LogP contribution is 2.32. The summed E-state index contributed by atoms with van der Waals surface area (Å²) in [5.41, 5.74) is 1.45. The van der Waals surface area contributed by atoms with Crippen molar-refractivity contribution in [2.24, 2.45) is 0 Å². The van der Waals surface area contributed by atoms with Crippen LogP contribution in [0.3, 0.4) is 0 Å². The van der Waals surface area contributed by atoms with Gasteiger partial charge in [-0.15, -0.1) is 0 Å². The van der Waals surface area contributed by atoms with Crippen LogP contribution in [0.2, 0.25) is 0 Å². The Morgan fingerprint density at radius 2 is 2.05 bits per heavy atom. The van der Waals surface area contributed by atoms with Crippen LogP contribution in [0.5, 0.6) is 11.6 Å². The minimum Gasteiger partial charge on any atom is -0.433 e. The van der Waals surface area contributed by atoms with Gasteiger partial charge in [0.25, 0.3) is 5.88 Å². The van der Waals surface area contributed by atoms with Crippen LogP contribution < -0.4 is 4.74 Å². The van der Waals surface area contributed by atoms with E-state index in [1.807, 2.05) is 19.1 Å². The molecule has 0 N–H and O–H groups in total. The molecule has 0 radical (unpaired) electrons. The third-order valence-corrected chi connectivity index (χ3v) is 3.02. The predicted octanol–water partition coefficient (Wildman–Crippen LogP) is 4.16. The first-order valence-corrected chi connectivity index (χ1v) is 6.31. The average Bonchev–Trinajstić information content (AvgIpc) is 2.35. The summed E-state index contributed by atoms with van der Waals surface area (Å²) in [4.78, 5) is 14.5. The minimum absolute atomic E-state index is 0.00296. The SMILES string of the molecule is Cc1cnc(Oc2cc(Br)ccc2C)c([N+](=O)[O-])c1. The van der Waals surface area contributed by atoms with Crippen molar-refractivity contribution in [3.05, 3.63) is 56.2 Å². The summed E-state index contributed by atoms with van der Waals surface area (Å²) < 4.78 is 6.39. The second-order valence-electron chi connectivity index (χ2n) is 4.11. The largest absolute Gasteiger partial charge is 0.433 e. The number of benzene rings is 1. The maximum atomic E-state index is 11.0. The number of aromatic nitrogens is 1. The molecule has 6 heteroatoms. The lowest BCUT2D eigenvalue weighted by Crippen LogP contribution is -1.97. The van der Waals surface area contributed by atoms with Gasteiger partial charge in [-0.25, -0.2) is 4.98 Å². The molecule has 0 amide bonds. The number of hydrogen-bond donors (Lipinski definition) is 0. The maximum absolute atomic E-state index is 11.0. The van der Waals surface area contributed by atoms with E-state index in [0.29, 0.717) is 11.3 Å². The molecule has 2 rings (SSSR count). The monoisotopic (exact) mass is 322 g/mol. The highest BCUT2D eigenvalue weighted by atomic mass is 79.9. The third-order valence-electron chi connectivity index (χ3n) is 2.52. The quantitative estimate of drug-likeness (QED) is 0.628. The lowest BCUT2D eigenvalue weighted by molar-refractivity contribution is -0.386. The van der Waals surface area contributed by atoms with E-state index in [1.54, 1.807) is 13.0 Å². The third kappa shape index (κ3) is 3.08. The van der Waals surface area contributed by atoms with Crippen molar-refractivity contribution in [1.29, 1.82) is 0 Å². The molecule has 2 aromatic rings. The summed E-state index contributed by atoms with van der Waals surface area (Å²) in [6.45, 7) is 3.61. The first-order chi connectivity index (χ1) is 8.97. The molecule has 0 saturated carbocycles. The molecule has 1 aromatic carbocycles. The van der Waals surface area contributed by atoms with Gasteiger partial charge in [-0.05, 0) is 37.1 Å². The average molecular weight is 323 g/mol. The molecule has 0 fully saturated rings. The van der Waals surface area contributed by atoms with Crippen LogP contribution in [0.1, 0.15) is 11.1 Å². The van der Waals surface area contributed by atoms with Crippen molar-refractivity contribution < 1.29 is 9.66 Å². The molecule has 0 aliphatic rings. The Hall–Kier alpha value is -1.95. The van der Waals surface area contributed by atoms with Crippen LogP contribution in [0, 0.1) is 24.0 Å². The Kier molecular flexibility index (Phi) is 3.80. The van der Waals surface area contributed by atoms with E-state index in [-0.39, 0.29) is 11.6 Å². The van der Waals surface area contributed by atoms with Gasteiger partial charge in [-0.3, -0.25) is 10.1 Å². The number of halogens is 1. The number of rotatable bonds is 3. The smallest absolute Gasteiger partial charge is 0.331 e. The van der Waals surface area contributed by atoms with E-state index in [1.165, 1.54) is 12.3 Å². The van der Waals surface area contributed by atoms with Crippen molar-refractivity contribution >= 4 is 21.6 Å². The van der Waals surface area contributed by atoms with Crippen molar-refractivity contribution in [3.8, 4) is 11.6 Å². The van der Waals surface area contributed by atoms with Gasteiger partial charge in [0.15, 0.2) is 0 Å². The fourth-order valence-corrected chi connectivity index (χ4v) is 1.88. The van der Waals surface area contributed by atoms with Crippen molar-refractivity contribution in [2.75, 3.05) is 0 Å². The molecule has 1 aromatic heterocycles. The van der Waals surface area contributed by atoms with Gasteiger partial charge in [0.1, 0.15) is 5.75 Å². The van der Waals surface area contributed by atoms with Gasteiger partial charge in [0.2, 0.25) is 0 Å². The molecule has 0 atom stereocenters. The van der Waals surface area contributed by atoms with Crippen LogP contribution in [-0.4, -0.2) is 9.91 Å². The Morgan fingerprint density at radius 1 is 1.32 bits per heavy atom. The molecule has 5 nitrogen and oxygen atoms in total. The second kappa shape index (κ2) is 5.36. The number of pyridine rings is 1. The van der Waals surface area contributed by atoms with Crippen molar-refractivity contribution in [2.45, 2.75) is 13.8 Å². The van der Waals surface area contributed by atoms with Gasteiger partial charge in [0.05, 0.1) is 4.92 Å². The van der Waals surface area contributed by atoms with Crippen LogP contribution in [0.25, 0.3) is 0 Å². The van der Waals surface area contributed by atoms with E-state index < -0.39 is 4.92 Å². The number of nitrogens with zero attached hydrogens (tertiary/aromatic N) is 2. The summed E-state index contributed by atoms with van der Waals surface area (Å²) >= 11 is 3.33. The summed E-state index contributed by atoms with van der Waals surface area (Å²) in [6.07, 6.45) is 1.54. The molecule has 0 aliphatic heterocycles. The Balaban J connectivity index is 2.43. The van der Waals surface area contributed by atoms with Crippen molar-refractivity contribution in [1.82, 2.24) is 4.98 Å². The lowest BCUT2D eigenvalue weighted by Gasteiger charge is -2.08. The molecular formula is C13H11BrN2O3. The Bertz CT molecular complexity index is 644. The maximum Gasteiger partial charge on any atom is 0.331 e. The van der Waals surface area contributed by atoms with E-state index in [9.17, 15) is 10.1 Å². The molecule has 0 unspecified atom stereocenters. The van der Waals surface area contributed by atoms with Gasteiger partial charge in [-0.1, -0.05) is 22.0 Å². The number of nitro groups is 1. The first kappa shape index (κ1) is 13.5. The van der Waals surface area contributed by atoms with E-state index in [2.05, 4.69) is 20.9 Å². The zero-order chi connectivity index (χ0) is 14.0. The summed E-state index contributed by atoms with van der Waals surface area (Å²) in [5.74, 6) is 0.533. The first-order valence-electron chi connectivity index (χ1n) is 5.52. The fraction of sp³-hybridized carbons (Fsp3) is 0.154. The zero-order valence-electron chi connectivity index (χ0n) is 10.4. The molecule has 0 aliphatic carbocycles. The van der Waals surface area contributed by atoms with Gasteiger partial charge >= 0.3 is 5.69 Å². The number of hydrogen-bond acceptors (Lipinski definition) is 4. The standard InChI is InChI=1S/C13H11BrN2O3/c1-8-5-11(16(17)18)13(15-7-8)19-12-6-10(14)4-3-9(12)2/h3-7H,1-2H3. The highest BCUT2D eigenvalue weighted by molar-refractivity contribution is 9.10. The number of ether oxygens (including phenoxy) is 1. The molecular weight excluding hydrogens is 312 g/mol. The summed E-state index contributed by atoms with van der Waals surface area (Å²) in [5, 5.41) is 11.0. The van der Waals surface area contributed by atoms with Crippen LogP contribution in [0.4, 0.5) is 5.69 Å². The zero-order valence-corrected chi connectivity index (χ0v) is 12.0. The molecule has 0 saturated heterocycles. The molecule has 0 spiro atoms. The summed E-state index contributed by atoms with van der Waals surface area (Å²) in [6, 6.07) is 6.93. The van der Waals surface area contributed by atoms with Gasteiger partial charge in [-0.2, -0.15) is 0 Å². The minimum atomic E-state index is -0.497. The fourth-order valence-electron chi connectivity index (χ4n) is 1.54. The van der Waals surface area contributed by atoms with E-state index in [0.717, 1.165) is 10.0 Å². The van der Waals surface area contributed by atoms with Crippen LogP contribution in [0.15, 0.2) is 34.9 Å². The topological polar surface area (TPSA) is 65.3 Å². The summed E-state index contributed by atoms with van der Waals surface area (Å²) in [7, 11) is 0. The second-order valence-corrected chi connectivity index (χ2v) is 5.02. The number of aryl methyl sites for hydroxylation is 2. The Morgan fingerprint density at radius 3 is 2.74 bits per heavy atom. The lowest BCUT2D eigenvalue weighted by atomic mass is 10.2. The van der Waals surface area contributed by atoms with Crippen molar-refractivity contribution in [3.63, 3.8) is 0 Å². The molecule has 19 heavy (non-hydrogen) atoms. The Labute approximate surface area is 118 Å². The highest BCUT2D eigenvalue weighted by Gasteiger charge is 2.18. The van der Waals surface area contributed by atoms with E-state index >= 15 is 0 Å².